The Bertz CT molecular complexity index is 1160. The molecule has 0 atom stereocenters. The monoisotopic (exact) mass is 407 g/mol. The van der Waals surface area contributed by atoms with Crippen LogP contribution in [0.15, 0.2) is 29.6 Å². The molecule has 1 aromatic carbocycles. The van der Waals surface area contributed by atoms with E-state index >= 15 is 0 Å². The molecule has 8 heteroatoms. The number of thiophene rings is 1. The number of nitrogens with zero attached hydrogens (tertiary/aromatic N) is 4. The first-order chi connectivity index (χ1) is 13.8. The first-order valence-corrected chi connectivity index (χ1v) is 10.8. The van der Waals surface area contributed by atoms with E-state index in [2.05, 4.69) is 76.5 Å². The Morgan fingerprint density at radius 3 is 2.59 bits per heavy atom. The van der Waals surface area contributed by atoms with Crippen LogP contribution in [0.1, 0.15) is 40.5 Å². The van der Waals surface area contributed by atoms with Crippen molar-refractivity contribution in [2.75, 3.05) is 5.32 Å². The average molecular weight is 408 g/mol. The molecule has 3 N–H and O–H groups in total. The van der Waals surface area contributed by atoms with Gasteiger partial charge >= 0.3 is 0 Å². The lowest BCUT2D eigenvalue weighted by Gasteiger charge is -2.46. The molecule has 7 nitrogen and oxygen atoms in total. The minimum atomic E-state index is 0.0792. The zero-order valence-electron chi connectivity index (χ0n) is 17.1. The molecule has 29 heavy (non-hydrogen) atoms. The van der Waals surface area contributed by atoms with Gasteiger partial charge in [-0.25, -0.2) is 4.98 Å². The molecule has 1 aliphatic rings. The number of pyridine rings is 1. The van der Waals surface area contributed by atoms with E-state index in [1.165, 1.54) is 10.1 Å². The van der Waals surface area contributed by atoms with Gasteiger partial charge in [-0.1, -0.05) is 12.1 Å². The van der Waals surface area contributed by atoms with Gasteiger partial charge in [-0.05, 0) is 63.3 Å². The Labute approximate surface area is 173 Å². The van der Waals surface area contributed by atoms with Crippen molar-refractivity contribution < 1.29 is 0 Å². The second kappa shape index (κ2) is 6.47. The maximum absolute atomic E-state index is 5.02. The van der Waals surface area contributed by atoms with Crippen LogP contribution in [-0.4, -0.2) is 42.7 Å². The third-order valence-corrected chi connectivity index (χ3v) is 6.48. The molecule has 0 radical (unpaired) electrons. The average Bonchev–Trinajstić information content (AvgIpc) is 3.31. The number of aromatic nitrogens is 5. The molecule has 1 saturated heterocycles. The molecular formula is C21H25N7S. The Balaban J connectivity index is 1.58. The van der Waals surface area contributed by atoms with Crippen LogP contribution in [-0.2, 0) is 0 Å². The van der Waals surface area contributed by atoms with Crippen LogP contribution >= 0.6 is 11.3 Å². The summed E-state index contributed by atoms with van der Waals surface area (Å²) in [5.41, 5.74) is 2.01. The van der Waals surface area contributed by atoms with Gasteiger partial charge in [0.15, 0.2) is 0 Å². The molecule has 3 aromatic heterocycles. The molecule has 0 saturated carbocycles. The van der Waals surface area contributed by atoms with E-state index in [9.17, 15) is 0 Å². The molecule has 4 heterocycles. The number of H-pyrrole nitrogens is 1. The summed E-state index contributed by atoms with van der Waals surface area (Å²) in [4.78, 5) is 5.02. The zero-order valence-corrected chi connectivity index (χ0v) is 17.9. The second-order valence-electron chi connectivity index (χ2n) is 9.23. The second-order valence-corrected chi connectivity index (χ2v) is 10.1. The molecule has 0 bridgehead atoms. The zero-order chi connectivity index (χ0) is 20.2. The van der Waals surface area contributed by atoms with Crippen molar-refractivity contribution in [3.8, 4) is 11.4 Å². The molecule has 0 amide bonds. The number of hydrogen-bond donors (Lipinski definition) is 3. The summed E-state index contributed by atoms with van der Waals surface area (Å²) in [5.74, 6) is 1.54. The van der Waals surface area contributed by atoms with E-state index in [1.54, 1.807) is 11.3 Å². The quantitative estimate of drug-likeness (QED) is 0.468. The number of aromatic amines is 1. The summed E-state index contributed by atoms with van der Waals surface area (Å²) in [6.07, 6.45) is 2.09. The van der Waals surface area contributed by atoms with Crippen molar-refractivity contribution in [3.05, 3.63) is 29.6 Å². The van der Waals surface area contributed by atoms with Gasteiger partial charge in [-0.3, -0.25) is 0 Å². The first kappa shape index (κ1) is 18.4. The highest BCUT2D eigenvalue weighted by Gasteiger charge is 2.37. The first-order valence-electron chi connectivity index (χ1n) is 9.90. The number of tetrazole rings is 1. The van der Waals surface area contributed by atoms with Gasteiger partial charge in [0.05, 0.1) is 5.52 Å². The smallest absolute Gasteiger partial charge is 0.204 e. The molecular weight excluding hydrogens is 382 g/mol. The van der Waals surface area contributed by atoms with E-state index in [-0.39, 0.29) is 11.1 Å². The van der Waals surface area contributed by atoms with Crippen molar-refractivity contribution in [3.63, 3.8) is 0 Å². The number of nitrogens with one attached hydrogen (secondary N) is 3. The predicted octanol–water partition coefficient (Wildman–Crippen LogP) is 4.35. The number of hydrogen-bond acceptors (Lipinski definition) is 7. The van der Waals surface area contributed by atoms with Crippen molar-refractivity contribution in [2.45, 2.75) is 57.7 Å². The Morgan fingerprint density at radius 1 is 1.07 bits per heavy atom. The fourth-order valence-electron chi connectivity index (χ4n) is 4.85. The maximum atomic E-state index is 5.02. The van der Waals surface area contributed by atoms with Gasteiger partial charge in [-0.2, -0.15) is 5.21 Å². The molecule has 5 rings (SSSR count). The summed E-state index contributed by atoms with van der Waals surface area (Å²) in [6.45, 7) is 9.09. The van der Waals surface area contributed by atoms with Crippen molar-refractivity contribution >= 4 is 38.1 Å². The van der Waals surface area contributed by atoms with Crippen molar-refractivity contribution in [1.82, 2.24) is 30.9 Å². The number of benzene rings is 1. The maximum Gasteiger partial charge on any atom is 0.204 e. The summed E-state index contributed by atoms with van der Waals surface area (Å²) in [6, 6.07) is 8.70. The normalized spacial score (nSPS) is 19.0. The predicted molar refractivity (Wildman–Crippen MR) is 118 cm³/mol. The van der Waals surface area contributed by atoms with Crippen LogP contribution in [0.5, 0.6) is 0 Å². The van der Waals surface area contributed by atoms with Crippen LogP contribution in [0.4, 0.5) is 5.82 Å². The van der Waals surface area contributed by atoms with Gasteiger partial charge in [-0.15, -0.1) is 21.5 Å². The van der Waals surface area contributed by atoms with Gasteiger partial charge < -0.3 is 10.6 Å². The van der Waals surface area contributed by atoms with Crippen molar-refractivity contribution in [2.24, 2.45) is 0 Å². The highest BCUT2D eigenvalue weighted by molar-refractivity contribution is 7.18. The third kappa shape index (κ3) is 3.47. The summed E-state index contributed by atoms with van der Waals surface area (Å²) < 4.78 is 1.25. The van der Waals surface area contributed by atoms with Gasteiger partial charge in [0, 0.05) is 38.2 Å². The summed E-state index contributed by atoms with van der Waals surface area (Å²) in [7, 11) is 0. The van der Waals surface area contributed by atoms with E-state index in [0.717, 1.165) is 35.1 Å². The van der Waals surface area contributed by atoms with E-state index in [1.807, 2.05) is 12.1 Å². The number of anilines is 1. The summed E-state index contributed by atoms with van der Waals surface area (Å²) >= 11 is 1.75. The Morgan fingerprint density at radius 2 is 1.86 bits per heavy atom. The minimum absolute atomic E-state index is 0.0792. The lowest BCUT2D eigenvalue weighted by Crippen LogP contribution is -2.60. The van der Waals surface area contributed by atoms with Crippen LogP contribution in [0.3, 0.4) is 0 Å². The van der Waals surface area contributed by atoms with Gasteiger partial charge in [0.1, 0.15) is 5.82 Å². The van der Waals surface area contributed by atoms with Crippen LogP contribution in [0.2, 0.25) is 0 Å². The summed E-state index contributed by atoms with van der Waals surface area (Å²) in [5, 5.41) is 26.4. The lowest BCUT2D eigenvalue weighted by molar-refractivity contribution is 0.170. The molecule has 1 aliphatic heterocycles. The van der Waals surface area contributed by atoms with Crippen LogP contribution in [0, 0.1) is 0 Å². The molecule has 0 aliphatic carbocycles. The SMILES string of the molecule is CC1(C)CC(Nc2nc3cc(-c4nn[nH]n4)ccc3c3sccc23)CC(C)(C)N1. The standard InChI is InChI=1S/C21H25N7S/c1-20(2)10-13(11-21(3,4)26-20)22-19-15-7-8-29-17(15)14-6-5-12(9-16(14)23-19)18-24-27-28-25-18/h5-9,13,26H,10-11H2,1-4H3,(H,22,23)(H,24,25,27,28). The Kier molecular flexibility index (Phi) is 4.11. The number of piperidine rings is 1. The molecule has 1 fully saturated rings. The molecule has 150 valence electrons. The molecule has 0 spiro atoms. The molecule has 0 unspecified atom stereocenters. The number of rotatable bonds is 3. The van der Waals surface area contributed by atoms with E-state index in [0.29, 0.717) is 11.9 Å². The highest BCUT2D eigenvalue weighted by atomic mass is 32.1. The van der Waals surface area contributed by atoms with Gasteiger partial charge in [0.25, 0.3) is 0 Å². The molecule has 4 aromatic rings. The topological polar surface area (TPSA) is 91.4 Å². The highest BCUT2D eigenvalue weighted by Crippen LogP contribution is 2.37. The lowest BCUT2D eigenvalue weighted by atomic mass is 9.79. The van der Waals surface area contributed by atoms with Gasteiger partial charge in [0.2, 0.25) is 5.82 Å². The fourth-order valence-corrected chi connectivity index (χ4v) is 5.78. The number of fused-ring (bicyclic) bond motifs is 3. The van der Waals surface area contributed by atoms with E-state index in [4.69, 9.17) is 4.98 Å². The van der Waals surface area contributed by atoms with Crippen LogP contribution < -0.4 is 10.6 Å². The van der Waals surface area contributed by atoms with E-state index < -0.39 is 0 Å². The third-order valence-electron chi connectivity index (χ3n) is 5.53. The Hall–Kier alpha value is -2.58. The largest absolute Gasteiger partial charge is 0.367 e. The minimum Gasteiger partial charge on any atom is -0.367 e. The van der Waals surface area contributed by atoms with Crippen molar-refractivity contribution in [1.29, 1.82) is 0 Å². The van der Waals surface area contributed by atoms with Crippen LogP contribution in [0.25, 0.3) is 32.4 Å². The fraction of sp³-hybridized carbons (Fsp3) is 0.429.